The summed E-state index contributed by atoms with van der Waals surface area (Å²) in [6.07, 6.45) is 1.18. The second kappa shape index (κ2) is 8.17. The number of esters is 1. The van der Waals surface area contributed by atoms with Gasteiger partial charge in [-0.25, -0.2) is 9.18 Å². The molecule has 0 unspecified atom stereocenters. The van der Waals surface area contributed by atoms with Crippen LogP contribution in [0.2, 0.25) is 0 Å². The van der Waals surface area contributed by atoms with Gasteiger partial charge in [0.15, 0.2) is 0 Å². The van der Waals surface area contributed by atoms with Crippen molar-refractivity contribution in [2.45, 2.75) is 32.6 Å². The van der Waals surface area contributed by atoms with Crippen LogP contribution in [0.4, 0.5) is 4.39 Å². The Bertz CT molecular complexity index is 796. The highest BCUT2D eigenvalue weighted by Gasteiger charge is 2.37. The first-order chi connectivity index (χ1) is 11.9. The number of benzene rings is 1. The third-order valence-corrected chi connectivity index (χ3v) is 4.35. The largest absolute Gasteiger partial charge is 0.463 e. The van der Waals surface area contributed by atoms with Crippen LogP contribution in [0.25, 0.3) is 0 Å². The Hall–Kier alpha value is -2.33. The van der Waals surface area contributed by atoms with Crippen molar-refractivity contribution in [1.29, 1.82) is 5.26 Å². The number of hydrogen-bond acceptors (Lipinski definition) is 5. The van der Waals surface area contributed by atoms with Gasteiger partial charge >= 0.3 is 5.97 Å². The molecule has 0 aliphatic carbocycles. The third-order valence-electron chi connectivity index (χ3n) is 3.75. The molecular weight excluding hydrogens is 391 g/mol. The van der Waals surface area contributed by atoms with Gasteiger partial charge in [-0.1, -0.05) is 13.0 Å². The number of nitriles is 1. The number of nitrogens with zero attached hydrogens (tertiary/aromatic N) is 1. The van der Waals surface area contributed by atoms with Gasteiger partial charge in [-0.3, -0.25) is 0 Å². The van der Waals surface area contributed by atoms with Crippen LogP contribution in [0.5, 0.6) is 0 Å². The van der Waals surface area contributed by atoms with Gasteiger partial charge in [0.2, 0.25) is 5.88 Å². The van der Waals surface area contributed by atoms with Crippen molar-refractivity contribution in [3.8, 4) is 6.07 Å². The molecule has 0 spiro atoms. The Labute approximate surface area is 154 Å². The Morgan fingerprint density at radius 1 is 1.48 bits per heavy atom. The molecule has 1 aliphatic heterocycles. The molecule has 0 amide bonds. The fraction of sp³-hybridized carbons (Fsp3) is 0.333. The van der Waals surface area contributed by atoms with Gasteiger partial charge in [0.05, 0.1) is 22.6 Å². The molecule has 1 aromatic carbocycles. The Morgan fingerprint density at radius 3 is 2.76 bits per heavy atom. The van der Waals surface area contributed by atoms with E-state index in [1.807, 2.05) is 13.0 Å². The van der Waals surface area contributed by atoms with Gasteiger partial charge in [-0.2, -0.15) is 5.26 Å². The lowest BCUT2D eigenvalue weighted by atomic mass is 9.82. The van der Waals surface area contributed by atoms with E-state index in [0.29, 0.717) is 24.2 Å². The van der Waals surface area contributed by atoms with Gasteiger partial charge < -0.3 is 15.2 Å². The van der Waals surface area contributed by atoms with Crippen LogP contribution in [-0.2, 0) is 14.3 Å². The summed E-state index contributed by atoms with van der Waals surface area (Å²) in [5, 5.41) is 9.53. The lowest BCUT2D eigenvalue weighted by Crippen LogP contribution is -2.26. The predicted octanol–water partition coefficient (Wildman–Crippen LogP) is 4.01. The first-order valence-corrected chi connectivity index (χ1v) is 8.66. The fourth-order valence-corrected chi connectivity index (χ4v) is 3.08. The van der Waals surface area contributed by atoms with E-state index >= 15 is 0 Å². The van der Waals surface area contributed by atoms with E-state index in [9.17, 15) is 14.4 Å². The number of halogens is 2. The molecule has 1 aromatic rings. The van der Waals surface area contributed by atoms with E-state index in [4.69, 9.17) is 15.2 Å². The monoisotopic (exact) mass is 408 g/mol. The van der Waals surface area contributed by atoms with Crippen LogP contribution < -0.4 is 5.73 Å². The molecule has 2 rings (SSSR count). The van der Waals surface area contributed by atoms with Crippen molar-refractivity contribution in [3.05, 3.63) is 56.8 Å². The molecule has 2 N–H and O–H groups in total. The minimum Gasteiger partial charge on any atom is -0.463 e. The second-order valence-corrected chi connectivity index (χ2v) is 6.26. The number of nitrogens with two attached hydrogens (primary N) is 1. The molecule has 0 saturated carbocycles. The minimum atomic E-state index is -0.767. The van der Waals surface area contributed by atoms with Crippen molar-refractivity contribution in [2.75, 3.05) is 6.61 Å². The van der Waals surface area contributed by atoms with E-state index in [1.165, 1.54) is 18.2 Å². The molecule has 7 heteroatoms. The van der Waals surface area contributed by atoms with Gasteiger partial charge in [0, 0.05) is 6.42 Å². The number of carbonyl (C=O) groups excluding carboxylic acids is 1. The molecule has 0 fully saturated rings. The summed E-state index contributed by atoms with van der Waals surface area (Å²) >= 11 is 3.13. The third kappa shape index (κ3) is 3.85. The SMILES string of the molecule is CCCC1=C(C(=O)OCC)[C@H](c2ccc(F)c(Br)c2)C(C#N)=C(N)O1. The normalized spacial score (nSPS) is 17.2. The molecule has 0 bridgehead atoms. The van der Waals surface area contributed by atoms with E-state index in [2.05, 4.69) is 15.9 Å². The van der Waals surface area contributed by atoms with E-state index in [0.717, 1.165) is 0 Å². The quantitative estimate of drug-likeness (QED) is 0.743. The zero-order valence-corrected chi connectivity index (χ0v) is 15.5. The number of hydrogen-bond donors (Lipinski definition) is 1. The summed E-state index contributed by atoms with van der Waals surface area (Å²) < 4.78 is 24.5. The highest BCUT2D eigenvalue weighted by Crippen LogP contribution is 2.41. The molecule has 0 radical (unpaired) electrons. The van der Waals surface area contributed by atoms with Gasteiger partial charge in [-0.05, 0) is 47.0 Å². The standard InChI is InChI=1S/C18H18BrFN2O3/c1-3-5-14-16(18(23)24-4-2)15(11(9-21)17(22)25-14)10-6-7-13(20)12(19)8-10/h6-8,15H,3-5,22H2,1-2H3/t15-/m1/s1. The summed E-state index contributed by atoms with van der Waals surface area (Å²) in [4.78, 5) is 12.6. The molecule has 1 aliphatic rings. The highest BCUT2D eigenvalue weighted by atomic mass is 79.9. The zero-order chi connectivity index (χ0) is 18.6. The van der Waals surface area contributed by atoms with Crippen molar-refractivity contribution >= 4 is 21.9 Å². The fourth-order valence-electron chi connectivity index (χ4n) is 2.69. The Kier molecular flexibility index (Phi) is 6.21. The minimum absolute atomic E-state index is 0.0514. The number of rotatable bonds is 5. The predicted molar refractivity (Wildman–Crippen MR) is 93.3 cm³/mol. The molecular formula is C18H18BrFN2O3. The molecule has 25 heavy (non-hydrogen) atoms. The average Bonchev–Trinajstić information content (AvgIpc) is 2.57. The topological polar surface area (TPSA) is 85.3 Å². The molecule has 0 saturated heterocycles. The molecule has 1 atom stereocenters. The van der Waals surface area contributed by atoms with Crippen molar-refractivity contribution in [2.24, 2.45) is 5.73 Å². The van der Waals surface area contributed by atoms with Crippen LogP contribution >= 0.6 is 15.9 Å². The molecule has 1 heterocycles. The lowest BCUT2D eigenvalue weighted by molar-refractivity contribution is -0.139. The number of ether oxygens (including phenoxy) is 2. The number of allylic oxidation sites excluding steroid dienone is 2. The van der Waals surface area contributed by atoms with E-state index in [1.54, 1.807) is 6.92 Å². The summed E-state index contributed by atoms with van der Waals surface area (Å²) in [6.45, 7) is 3.81. The molecule has 0 aromatic heterocycles. The van der Waals surface area contributed by atoms with Gasteiger partial charge in [0.25, 0.3) is 0 Å². The number of carbonyl (C=O) groups is 1. The average molecular weight is 409 g/mol. The first kappa shape index (κ1) is 19.0. The summed E-state index contributed by atoms with van der Waals surface area (Å²) in [6, 6.07) is 6.31. The summed E-state index contributed by atoms with van der Waals surface area (Å²) in [7, 11) is 0. The van der Waals surface area contributed by atoms with Crippen molar-refractivity contribution < 1.29 is 18.7 Å². The summed E-state index contributed by atoms with van der Waals surface area (Å²) in [5.74, 6) is -1.46. The Morgan fingerprint density at radius 2 is 2.20 bits per heavy atom. The van der Waals surface area contributed by atoms with Gasteiger partial charge in [0.1, 0.15) is 23.2 Å². The lowest BCUT2D eigenvalue weighted by Gasteiger charge is -2.28. The van der Waals surface area contributed by atoms with E-state index in [-0.39, 0.29) is 28.1 Å². The highest BCUT2D eigenvalue weighted by molar-refractivity contribution is 9.10. The second-order valence-electron chi connectivity index (χ2n) is 5.41. The zero-order valence-electron chi connectivity index (χ0n) is 13.9. The van der Waals surface area contributed by atoms with Crippen LogP contribution in [0.1, 0.15) is 38.2 Å². The Balaban J connectivity index is 2.68. The molecule has 132 valence electrons. The van der Waals surface area contributed by atoms with E-state index < -0.39 is 17.7 Å². The first-order valence-electron chi connectivity index (χ1n) is 7.87. The maximum atomic E-state index is 13.6. The van der Waals surface area contributed by atoms with Crippen LogP contribution in [0, 0.1) is 17.1 Å². The van der Waals surface area contributed by atoms with Gasteiger partial charge in [-0.15, -0.1) is 0 Å². The van der Waals surface area contributed by atoms with Crippen molar-refractivity contribution in [3.63, 3.8) is 0 Å². The van der Waals surface area contributed by atoms with Crippen LogP contribution in [0.15, 0.2) is 45.5 Å². The smallest absolute Gasteiger partial charge is 0.338 e. The maximum absolute atomic E-state index is 13.6. The van der Waals surface area contributed by atoms with Crippen LogP contribution in [-0.4, -0.2) is 12.6 Å². The van der Waals surface area contributed by atoms with Crippen molar-refractivity contribution in [1.82, 2.24) is 0 Å². The summed E-state index contributed by atoms with van der Waals surface area (Å²) in [5.41, 5.74) is 6.78. The molecule has 5 nitrogen and oxygen atoms in total. The maximum Gasteiger partial charge on any atom is 0.338 e. The van der Waals surface area contributed by atoms with Crippen LogP contribution in [0.3, 0.4) is 0 Å².